The van der Waals surface area contributed by atoms with E-state index in [0.29, 0.717) is 0 Å². The van der Waals surface area contributed by atoms with Crippen LogP contribution in [0, 0.1) is 28.4 Å². The van der Waals surface area contributed by atoms with Gasteiger partial charge in [0, 0.05) is 11.5 Å². The van der Waals surface area contributed by atoms with Crippen molar-refractivity contribution in [1.29, 1.82) is 5.26 Å². The summed E-state index contributed by atoms with van der Waals surface area (Å²) in [5.74, 6) is -2.84. The molecule has 0 spiro atoms. The summed E-state index contributed by atoms with van der Waals surface area (Å²) < 4.78 is 26.4. The third kappa shape index (κ3) is 2.65. The second-order valence-corrected chi connectivity index (χ2v) is 5.40. The first-order chi connectivity index (χ1) is 8.96. The molecule has 1 aromatic rings. The van der Waals surface area contributed by atoms with E-state index in [0.717, 1.165) is 43.9 Å². The van der Waals surface area contributed by atoms with Crippen molar-refractivity contribution in [1.82, 2.24) is 0 Å². The van der Waals surface area contributed by atoms with Crippen LogP contribution < -0.4 is 0 Å². The molecule has 1 saturated carbocycles. The summed E-state index contributed by atoms with van der Waals surface area (Å²) in [4.78, 5) is 12.5. The molecular formula is C15H15F2NO. The Hall–Kier alpha value is -1.76. The van der Waals surface area contributed by atoms with Crippen LogP contribution in [-0.2, 0) is 4.79 Å². The van der Waals surface area contributed by atoms with Crippen LogP contribution >= 0.6 is 0 Å². The lowest BCUT2D eigenvalue weighted by molar-refractivity contribution is -0.128. The number of benzene rings is 1. The van der Waals surface area contributed by atoms with Crippen LogP contribution in [0.25, 0.3) is 0 Å². The summed E-state index contributed by atoms with van der Waals surface area (Å²) in [6.07, 6.45) is 3.39. The SMILES string of the molecule is CC1(C(=O)C(C#N)c2cc(F)cc(F)c2)CCCC1. The van der Waals surface area contributed by atoms with E-state index in [1.54, 1.807) is 0 Å². The van der Waals surface area contributed by atoms with Gasteiger partial charge in [0.25, 0.3) is 0 Å². The number of ketones is 1. The maximum absolute atomic E-state index is 13.2. The number of Topliss-reactive ketones (excluding diaryl/α,β-unsaturated/α-hetero) is 1. The lowest BCUT2D eigenvalue weighted by Gasteiger charge is -2.24. The molecule has 19 heavy (non-hydrogen) atoms. The Bertz CT molecular complexity index is 521. The van der Waals surface area contributed by atoms with Gasteiger partial charge in [0.2, 0.25) is 0 Å². The largest absolute Gasteiger partial charge is 0.297 e. The molecule has 1 aliphatic carbocycles. The zero-order chi connectivity index (χ0) is 14.0. The lowest BCUT2D eigenvalue weighted by Crippen LogP contribution is -2.29. The van der Waals surface area contributed by atoms with Crippen LogP contribution in [0.4, 0.5) is 8.78 Å². The molecule has 1 atom stereocenters. The van der Waals surface area contributed by atoms with Gasteiger partial charge in [0.1, 0.15) is 17.6 Å². The smallest absolute Gasteiger partial charge is 0.160 e. The van der Waals surface area contributed by atoms with Crippen LogP contribution in [-0.4, -0.2) is 5.78 Å². The number of hydrogen-bond acceptors (Lipinski definition) is 2. The molecule has 4 heteroatoms. The lowest BCUT2D eigenvalue weighted by atomic mass is 9.76. The molecule has 1 fully saturated rings. The summed E-state index contributed by atoms with van der Waals surface area (Å²) in [5, 5.41) is 9.19. The van der Waals surface area contributed by atoms with E-state index in [-0.39, 0.29) is 11.3 Å². The average molecular weight is 263 g/mol. The van der Waals surface area contributed by atoms with Crippen LogP contribution in [0.2, 0.25) is 0 Å². The first kappa shape index (κ1) is 13.7. The minimum Gasteiger partial charge on any atom is -0.297 e. The van der Waals surface area contributed by atoms with Gasteiger partial charge in [-0.25, -0.2) is 8.78 Å². The molecule has 0 bridgehead atoms. The van der Waals surface area contributed by atoms with Gasteiger partial charge >= 0.3 is 0 Å². The third-order valence-corrected chi connectivity index (χ3v) is 3.91. The Morgan fingerprint density at radius 1 is 1.26 bits per heavy atom. The van der Waals surface area contributed by atoms with Crippen LogP contribution in [0.1, 0.15) is 44.1 Å². The minimum absolute atomic E-state index is 0.109. The van der Waals surface area contributed by atoms with E-state index >= 15 is 0 Å². The van der Waals surface area contributed by atoms with E-state index in [2.05, 4.69) is 0 Å². The summed E-state index contributed by atoms with van der Waals surface area (Å²) >= 11 is 0. The number of halogens is 2. The Balaban J connectivity index is 2.35. The molecule has 0 N–H and O–H groups in total. The molecule has 0 aliphatic heterocycles. The zero-order valence-corrected chi connectivity index (χ0v) is 10.7. The number of rotatable bonds is 3. The highest BCUT2D eigenvalue weighted by atomic mass is 19.1. The summed E-state index contributed by atoms with van der Waals surface area (Å²) in [6, 6.07) is 4.75. The van der Waals surface area contributed by atoms with Crippen LogP contribution in [0.5, 0.6) is 0 Å². The number of nitriles is 1. The average Bonchev–Trinajstić information content (AvgIpc) is 2.77. The molecule has 0 saturated heterocycles. The molecule has 1 unspecified atom stereocenters. The van der Waals surface area contributed by atoms with E-state index in [1.807, 2.05) is 13.0 Å². The summed E-state index contributed by atoms with van der Waals surface area (Å²) in [7, 11) is 0. The van der Waals surface area contributed by atoms with Crippen molar-refractivity contribution in [2.75, 3.05) is 0 Å². The fourth-order valence-corrected chi connectivity index (χ4v) is 2.78. The fourth-order valence-electron chi connectivity index (χ4n) is 2.78. The highest BCUT2D eigenvalue weighted by Gasteiger charge is 2.40. The summed E-state index contributed by atoms with van der Waals surface area (Å²) in [6.45, 7) is 1.84. The molecular weight excluding hydrogens is 248 g/mol. The molecule has 1 aliphatic rings. The van der Waals surface area contributed by atoms with Gasteiger partial charge in [0.15, 0.2) is 5.78 Å². The predicted octanol–water partition coefficient (Wildman–Crippen LogP) is 3.72. The normalized spacial score (nSPS) is 18.8. The molecule has 1 aromatic carbocycles. The molecule has 2 nitrogen and oxygen atoms in total. The molecule has 2 rings (SSSR count). The van der Waals surface area contributed by atoms with Crippen molar-refractivity contribution in [2.45, 2.75) is 38.5 Å². The van der Waals surface area contributed by atoms with Gasteiger partial charge in [0.05, 0.1) is 6.07 Å². The van der Waals surface area contributed by atoms with Gasteiger partial charge in [-0.3, -0.25) is 4.79 Å². The van der Waals surface area contributed by atoms with E-state index < -0.39 is 23.0 Å². The van der Waals surface area contributed by atoms with Gasteiger partial charge in [-0.2, -0.15) is 5.26 Å². The number of carbonyl (C=O) groups excluding carboxylic acids is 1. The zero-order valence-electron chi connectivity index (χ0n) is 10.7. The quantitative estimate of drug-likeness (QED) is 0.833. The number of carbonyl (C=O) groups is 1. The Morgan fingerprint density at radius 2 is 1.79 bits per heavy atom. The van der Waals surface area contributed by atoms with Gasteiger partial charge < -0.3 is 0 Å². The first-order valence-corrected chi connectivity index (χ1v) is 6.36. The standard InChI is InChI=1S/C15H15F2NO/c1-15(4-2-3-5-15)14(19)13(9-18)10-6-11(16)8-12(17)7-10/h6-8,13H,2-5H2,1H3. The predicted molar refractivity (Wildman–Crippen MR) is 66.3 cm³/mol. The van der Waals surface area contributed by atoms with Crippen molar-refractivity contribution >= 4 is 5.78 Å². The first-order valence-electron chi connectivity index (χ1n) is 6.36. The van der Waals surface area contributed by atoms with Crippen molar-refractivity contribution < 1.29 is 13.6 Å². The monoisotopic (exact) mass is 263 g/mol. The van der Waals surface area contributed by atoms with Gasteiger partial charge in [-0.15, -0.1) is 0 Å². The fraction of sp³-hybridized carbons (Fsp3) is 0.467. The second-order valence-electron chi connectivity index (χ2n) is 5.40. The minimum atomic E-state index is -1.09. The molecule has 0 radical (unpaired) electrons. The maximum atomic E-state index is 13.2. The van der Waals surface area contributed by atoms with Gasteiger partial charge in [-0.05, 0) is 30.5 Å². The Labute approximate surface area is 111 Å². The second kappa shape index (κ2) is 5.08. The number of nitrogens with zero attached hydrogens (tertiary/aromatic N) is 1. The van der Waals surface area contributed by atoms with Gasteiger partial charge in [-0.1, -0.05) is 19.8 Å². The van der Waals surface area contributed by atoms with Crippen molar-refractivity contribution in [3.8, 4) is 6.07 Å². The van der Waals surface area contributed by atoms with E-state index in [1.165, 1.54) is 0 Å². The van der Waals surface area contributed by atoms with Crippen molar-refractivity contribution in [3.05, 3.63) is 35.4 Å². The molecule has 0 heterocycles. The van der Waals surface area contributed by atoms with E-state index in [4.69, 9.17) is 0 Å². The third-order valence-electron chi connectivity index (χ3n) is 3.91. The Kier molecular flexibility index (Phi) is 3.66. The summed E-state index contributed by atoms with van der Waals surface area (Å²) in [5.41, 5.74) is -0.429. The number of hydrogen-bond donors (Lipinski definition) is 0. The maximum Gasteiger partial charge on any atom is 0.160 e. The topological polar surface area (TPSA) is 40.9 Å². The van der Waals surface area contributed by atoms with Crippen molar-refractivity contribution in [3.63, 3.8) is 0 Å². The highest BCUT2D eigenvalue weighted by Crippen LogP contribution is 2.42. The van der Waals surface area contributed by atoms with Crippen LogP contribution in [0.15, 0.2) is 18.2 Å². The Morgan fingerprint density at radius 3 is 2.26 bits per heavy atom. The highest BCUT2D eigenvalue weighted by molar-refractivity contribution is 5.93. The van der Waals surface area contributed by atoms with Crippen molar-refractivity contribution in [2.24, 2.45) is 5.41 Å². The van der Waals surface area contributed by atoms with E-state index in [9.17, 15) is 18.8 Å². The molecule has 100 valence electrons. The molecule has 0 amide bonds. The van der Waals surface area contributed by atoms with Crippen LogP contribution in [0.3, 0.4) is 0 Å². The molecule has 0 aromatic heterocycles.